The van der Waals surface area contributed by atoms with Crippen molar-refractivity contribution < 1.29 is 4.74 Å². The van der Waals surface area contributed by atoms with E-state index in [9.17, 15) is 0 Å². The molecule has 0 aliphatic rings. The van der Waals surface area contributed by atoms with E-state index in [1.807, 2.05) is 19.1 Å². The van der Waals surface area contributed by atoms with E-state index in [2.05, 4.69) is 30.1 Å². The summed E-state index contributed by atoms with van der Waals surface area (Å²) in [5.74, 6) is 0. The van der Waals surface area contributed by atoms with E-state index in [1.165, 1.54) is 0 Å². The lowest BCUT2D eigenvalue weighted by atomic mass is 10.0. The number of nitrogens with zero attached hydrogens (tertiary/aromatic N) is 1. The lowest BCUT2D eigenvalue weighted by molar-refractivity contribution is 0.0778. The van der Waals surface area contributed by atoms with Crippen molar-refractivity contribution in [2.75, 3.05) is 6.61 Å². The van der Waals surface area contributed by atoms with Gasteiger partial charge in [0.2, 0.25) is 0 Å². The monoisotopic (exact) mass is 244 g/mol. The van der Waals surface area contributed by atoms with Crippen LogP contribution in [0.1, 0.15) is 25.8 Å². The maximum Gasteiger partial charge on any atom is 0.0718 e. The van der Waals surface area contributed by atoms with E-state index in [1.54, 1.807) is 6.20 Å². The normalized spacial score (nSPS) is 14.6. The fourth-order valence-corrected chi connectivity index (χ4v) is 1.72. The van der Waals surface area contributed by atoms with Crippen LogP contribution in [0, 0.1) is 0 Å². The Hall–Kier alpha value is -1.45. The number of nitrogens with two attached hydrogens (primary N) is 1. The van der Waals surface area contributed by atoms with Crippen molar-refractivity contribution in [1.29, 1.82) is 0 Å². The first-order chi connectivity index (χ1) is 8.61. The molecule has 0 spiro atoms. The number of aromatic nitrogens is 1. The average Bonchev–Trinajstić information content (AvgIpc) is 2.38. The molecule has 0 aliphatic carbocycles. The molecule has 0 fully saturated rings. The minimum Gasteiger partial charge on any atom is -0.375 e. The molecule has 0 saturated carbocycles. The number of benzene rings is 1. The predicted octanol–water partition coefficient (Wildman–Crippen LogP) is 2.88. The van der Waals surface area contributed by atoms with Gasteiger partial charge in [0.25, 0.3) is 0 Å². The minimum absolute atomic E-state index is 0.238. The van der Waals surface area contributed by atoms with Gasteiger partial charge >= 0.3 is 0 Å². The quantitative estimate of drug-likeness (QED) is 0.879. The fourth-order valence-electron chi connectivity index (χ4n) is 1.72. The molecule has 3 nitrogen and oxygen atoms in total. The van der Waals surface area contributed by atoms with Crippen molar-refractivity contribution in [3.63, 3.8) is 0 Å². The first-order valence-corrected chi connectivity index (χ1v) is 6.31. The van der Waals surface area contributed by atoms with Crippen LogP contribution >= 0.6 is 0 Å². The minimum atomic E-state index is -0.238. The molecule has 96 valence electrons. The Morgan fingerprint density at radius 2 is 2.17 bits per heavy atom. The van der Waals surface area contributed by atoms with Crippen LogP contribution in [0.5, 0.6) is 0 Å². The highest BCUT2D eigenvalue weighted by Gasteiger charge is 2.15. The van der Waals surface area contributed by atoms with Crippen LogP contribution in [-0.2, 0) is 11.3 Å². The van der Waals surface area contributed by atoms with Crippen molar-refractivity contribution >= 4 is 10.9 Å². The zero-order chi connectivity index (χ0) is 13.0. The molecular weight excluding hydrogens is 224 g/mol. The van der Waals surface area contributed by atoms with E-state index in [4.69, 9.17) is 10.5 Å². The maximum absolute atomic E-state index is 6.04. The van der Waals surface area contributed by atoms with Crippen LogP contribution in [0.2, 0.25) is 0 Å². The number of pyridine rings is 1. The van der Waals surface area contributed by atoms with Gasteiger partial charge in [-0.1, -0.05) is 19.1 Å². The third kappa shape index (κ3) is 3.28. The summed E-state index contributed by atoms with van der Waals surface area (Å²) in [6.45, 7) is 5.26. The molecule has 1 aromatic heterocycles. The summed E-state index contributed by atoms with van der Waals surface area (Å²) >= 11 is 0. The zero-order valence-electron chi connectivity index (χ0n) is 11.0. The maximum atomic E-state index is 6.04. The van der Waals surface area contributed by atoms with Crippen LogP contribution in [0.3, 0.4) is 0 Å². The van der Waals surface area contributed by atoms with Crippen LogP contribution in [-0.4, -0.2) is 17.1 Å². The third-order valence-electron chi connectivity index (χ3n) is 3.18. The van der Waals surface area contributed by atoms with Crippen molar-refractivity contribution in [1.82, 2.24) is 4.98 Å². The SMILES string of the molecule is CCC(C)(N)COCc1ccc2ncccc2c1. The van der Waals surface area contributed by atoms with E-state index < -0.39 is 0 Å². The van der Waals surface area contributed by atoms with Crippen molar-refractivity contribution in [3.05, 3.63) is 42.1 Å². The van der Waals surface area contributed by atoms with Gasteiger partial charge in [-0.3, -0.25) is 4.98 Å². The Morgan fingerprint density at radius 1 is 1.33 bits per heavy atom. The van der Waals surface area contributed by atoms with Gasteiger partial charge in [0.1, 0.15) is 0 Å². The Morgan fingerprint density at radius 3 is 2.94 bits per heavy atom. The molecule has 2 N–H and O–H groups in total. The van der Waals surface area contributed by atoms with Crippen molar-refractivity contribution in [3.8, 4) is 0 Å². The van der Waals surface area contributed by atoms with Gasteiger partial charge in [-0.05, 0) is 37.1 Å². The summed E-state index contributed by atoms with van der Waals surface area (Å²) < 4.78 is 5.68. The number of hydrogen-bond acceptors (Lipinski definition) is 3. The smallest absolute Gasteiger partial charge is 0.0718 e. The van der Waals surface area contributed by atoms with Gasteiger partial charge in [0.15, 0.2) is 0 Å². The van der Waals surface area contributed by atoms with Gasteiger partial charge in [-0.15, -0.1) is 0 Å². The average molecular weight is 244 g/mol. The molecule has 2 rings (SSSR count). The number of rotatable bonds is 5. The van der Waals surface area contributed by atoms with Gasteiger partial charge < -0.3 is 10.5 Å². The molecule has 1 unspecified atom stereocenters. The molecule has 1 atom stereocenters. The number of ether oxygens (including phenoxy) is 1. The second-order valence-corrected chi connectivity index (χ2v) is 5.03. The summed E-state index contributed by atoms with van der Waals surface area (Å²) in [5.41, 5.74) is 7.97. The highest BCUT2D eigenvalue weighted by molar-refractivity contribution is 5.78. The molecule has 0 radical (unpaired) electrons. The van der Waals surface area contributed by atoms with Crippen molar-refractivity contribution in [2.45, 2.75) is 32.4 Å². The number of hydrogen-bond donors (Lipinski definition) is 1. The molecule has 2 aromatic rings. The van der Waals surface area contributed by atoms with Crippen LogP contribution < -0.4 is 5.73 Å². The van der Waals surface area contributed by atoms with E-state index in [0.717, 1.165) is 22.9 Å². The van der Waals surface area contributed by atoms with Gasteiger partial charge in [0.05, 0.1) is 18.7 Å². The van der Waals surface area contributed by atoms with Gasteiger partial charge in [0, 0.05) is 17.1 Å². The van der Waals surface area contributed by atoms with Crippen LogP contribution in [0.15, 0.2) is 36.5 Å². The Kier molecular flexibility index (Phi) is 3.94. The van der Waals surface area contributed by atoms with Crippen molar-refractivity contribution in [2.24, 2.45) is 5.73 Å². The highest BCUT2D eigenvalue weighted by Crippen LogP contribution is 2.14. The summed E-state index contributed by atoms with van der Waals surface area (Å²) in [7, 11) is 0. The van der Waals surface area contributed by atoms with Crippen LogP contribution in [0.4, 0.5) is 0 Å². The van der Waals surface area contributed by atoms with E-state index in [-0.39, 0.29) is 5.54 Å². The first-order valence-electron chi connectivity index (χ1n) is 6.31. The second-order valence-electron chi connectivity index (χ2n) is 5.03. The summed E-state index contributed by atoms with van der Waals surface area (Å²) in [5, 5.41) is 1.14. The molecule has 18 heavy (non-hydrogen) atoms. The molecule has 1 heterocycles. The Balaban J connectivity index is 2.00. The summed E-state index contributed by atoms with van der Waals surface area (Å²) in [6.07, 6.45) is 2.72. The molecular formula is C15H20N2O. The van der Waals surface area contributed by atoms with Crippen LogP contribution in [0.25, 0.3) is 10.9 Å². The third-order valence-corrected chi connectivity index (χ3v) is 3.18. The molecule has 3 heteroatoms. The first kappa shape index (κ1) is 13.0. The van der Waals surface area contributed by atoms with E-state index in [0.29, 0.717) is 13.2 Å². The summed E-state index contributed by atoms with van der Waals surface area (Å²) in [6, 6.07) is 10.2. The zero-order valence-corrected chi connectivity index (χ0v) is 11.0. The van der Waals surface area contributed by atoms with Gasteiger partial charge in [-0.2, -0.15) is 0 Å². The topological polar surface area (TPSA) is 48.1 Å². The molecule has 0 amide bonds. The predicted molar refractivity (Wildman–Crippen MR) is 74.3 cm³/mol. The van der Waals surface area contributed by atoms with E-state index >= 15 is 0 Å². The lowest BCUT2D eigenvalue weighted by Gasteiger charge is -2.22. The number of fused-ring (bicyclic) bond motifs is 1. The molecule has 0 aliphatic heterocycles. The molecule has 0 bridgehead atoms. The Labute approximate surface area is 108 Å². The summed E-state index contributed by atoms with van der Waals surface area (Å²) in [4.78, 5) is 4.29. The Bertz CT molecular complexity index is 523. The highest BCUT2D eigenvalue weighted by atomic mass is 16.5. The molecule has 0 saturated heterocycles. The van der Waals surface area contributed by atoms with Gasteiger partial charge in [-0.25, -0.2) is 0 Å². The lowest BCUT2D eigenvalue weighted by Crippen LogP contribution is -2.40. The largest absolute Gasteiger partial charge is 0.375 e. The standard InChI is InChI=1S/C15H20N2O/c1-3-15(2,16)11-18-10-12-6-7-14-13(9-12)5-4-8-17-14/h4-9H,3,10-11,16H2,1-2H3. The molecule has 1 aromatic carbocycles. The second kappa shape index (κ2) is 5.46. The fraction of sp³-hybridized carbons (Fsp3) is 0.400.